The number of esters is 1. The van der Waals surface area contributed by atoms with Gasteiger partial charge in [0.25, 0.3) is 5.69 Å². The van der Waals surface area contributed by atoms with Gasteiger partial charge in [-0.25, -0.2) is 15.6 Å². The van der Waals surface area contributed by atoms with Gasteiger partial charge in [0.1, 0.15) is 0 Å². The Kier molecular flexibility index (Phi) is 6.77. The molecule has 2 aliphatic heterocycles. The van der Waals surface area contributed by atoms with E-state index in [0.29, 0.717) is 17.0 Å². The highest BCUT2D eigenvalue weighted by Gasteiger charge is 2.46. The molecular formula is C24H23N5O7. The number of nitrogens with one attached hydrogen (secondary N) is 2. The quantitative estimate of drug-likeness (QED) is 0.247. The summed E-state index contributed by atoms with van der Waals surface area (Å²) in [7, 11) is 0. The Bertz CT molecular complexity index is 1280. The Labute approximate surface area is 205 Å². The first-order chi connectivity index (χ1) is 17.2. The number of carbonyl (C=O) groups is 3. The zero-order valence-corrected chi connectivity index (χ0v) is 19.7. The Morgan fingerprint density at radius 3 is 2.19 bits per heavy atom. The van der Waals surface area contributed by atoms with Gasteiger partial charge < -0.3 is 9.47 Å². The van der Waals surface area contributed by atoms with Gasteiger partial charge in [0.05, 0.1) is 28.9 Å². The first-order valence-electron chi connectivity index (χ1n) is 11.1. The lowest BCUT2D eigenvalue weighted by Crippen LogP contribution is -2.38. The van der Waals surface area contributed by atoms with Crippen molar-refractivity contribution in [2.45, 2.75) is 26.7 Å². The lowest BCUT2D eigenvalue weighted by atomic mass is 9.73. The van der Waals surface area contributed by atoms with Crippen LogP contribution in [0.4, 0.5) is 5.69 Å². The average Bonchev–Trinajstić information content (AvgIpc) is 3.36. The molecule has 2 aromatic rings. The summed E-state index contributed by atoms with van der Waals surface area (Å²) in [4.78, 5) is 48.5. The Morgan fingerprint density at radius 1 is 1.03 bits per heavy atom. The number of hydrogen-bond acceptors (Lipinski definition) is 9. The number of nitro groups is 1. The van der Waals surface area contributed by atoms with Crippen molar-refractivity contribution in [3.8, 4) is 11.5 Å². The summed E-state index contributed by atoms with van der Waals surface area (Å²) < 4.78 is 11.2. The molecule has 0 radical (unpaired) electrons. The number of nitrogens with zero attached hydrogens (tertiary/aromatic N) is 3. The Balaban J connectivity index is 1.71. The van der Waals surface area contributed by atoms with Crippen molar-refractivity contribution >= 4 is 34.9 Å². The zero-order valence-electron chi connectivity index (χ0n) is 19.7. The van der Waals surface area contributed by atoms with Crippen molar-refractivity contribution in [2.75, 3.05) is 6.61 Å². The minimum atomic E-state index is -0.805. The number of benzene rings is 2. The molecule has 2 N–H and O–H groups in total. The van der Waals surface area contributed by atoms with Crippen LogP contribution in [-0.2, 0) is 9.59 Å². The molecule has 0 bridgehead atoms. The van der Waals surface area contributed by atoms with Gasteiger partial charge in [-0.2, -0.15) is 10.2 Å². The van der Waals surface area contributed by atoms with Gasteiger partial charge in [-0.05, 0) is 44.5 Å². The van der Waals surface area contributed by atoms with Gasteiger partial charge in [-0.15, -0.1) is 0 Å². The van der Waals surface area contributed by atoms with Gasteiger partial charge in [0, 0.05) is 29.5 Å². The third kappa shape index (κ3) is 4.65. The van der Waals surface area contributed by atoms with Crippen LogP contribution in [0.2, 0.25) is 0 Å². The van der Waals surface area contributed by atoms with Crippen molar-refractivity contribution < 1.29 is 28.8 Å². The fourth-order valence-corrected chi connectivity index (χ4v) is 4.36. The Hall–Kier alpha value is -4.61. The number of nitro benzene ring substituents is 1. The highest BCUT2D eigenvalue weighted by molar-refractivity contribution is 6.12. The van der Waals surface area contributed by atoms with E-state index in [0.717, 1.165) is 6.07 Å². The molecule has 2 unspecified atom stereocenters. The maximum absolute atomic E-state index is 12.7. The standard InChI is InChI=1S/C24H23N5O7/c1-4-35-18-11-14(8-9-17(18)36-24(32)15-6-5-7-16(10-15)29(33)34)21(19-12(2)25-27-22(19)30)20-13(3)26-28-23(20)31/h5-11,19-21H,4H2,1-3H3,(H,27,30)(H,28,31). The maximum atomic E-state index is 12.7. The predicted molar refractivity (Wildman–Crippen MR) is 128 cm³/mol. The molecule has 0 spiro atoms. The molecule has 0 aliphatic carbocycles. The summed E-state index contributed by atoms with van der Waals surface area (Å²) in [5.74, 6) is -3.30. The third-order valence-corrected chi connectivity index (χ3v) is 6.02. The van der Waals surface area contributed by atoms with Crippen molar-refractivity contribution in [2.24, 2.45) is 22.0 Å². The molecule has 2 amide bonds. The zero-order chi connectivity index (χ0) is 26.0. The van der Waals surface area contributed by atoms with E-state index in [1.807, 2.05) is 0 Å². The molecule has 12 heteroatoms. The van der Waals surface area contributed by atoms with Crippen molar-refractivity contribution in [3.63, 3.8) is 0 Å². The predicted octanol–water partition coefficient (Wildman–Crippen LogP) is 2.54. The maximum Gasteiger partial charge on any atom is 0.343 e. The normalized spacial score (nSPS) is 19.6. The monoisotopic (exact) mass is 493 g/mol. The first-order valence-corrected chi connectivity index (χ1v) is 11.1. The molecule has 2 aromatic carbocycles. The van der Waals surface area contributed by atoms with Gasteiger partial charge in [-0.1, -0.05) is 12.1 Å². The average molecular weight is 493 g/mol. The number of amides is 2. The van der Waals surface area contributed by atoms with E-state index in [1.54, 1.807) is 32.9 Å². The molecule has 2 atom stereocenters. The van der Waals surface area contributed by atoms with E-state index < -0.39 is 28.6 Å². The van der Waals surface area contributed by atoms with E-state index >= 15 is 0 Å². The topological polar surface area (TPSA) is 162 Å². The molecule has 12 nitrogen and oxygen atoms in total. The van der Waals surface area contributed by atoms with E-state index in [1.165, 1.54) is 24.3 Å². The van der Waals surface area contributed by atoms with Crippen LogP contribution in [0.15, 0.2) is 52.7 Å². The number of hydrazone groups is 2. The lowest BCUT2D eigenvalue weighted by molar-refractivity contribution is -0.384. The molecule has 0 aromatic heterocycles. The van der Waals surface area contributed by atoms with Gasteiger partial charge >= 0.3 is 5.97 Å². The lowest BCUT2D eigenvalue weighted by Gasteiger charge is -2.27. The second kappa shape index (κ2) is 9.94. The SMILES string of the molecule is CCOc1cc(C(C2C(=O)NN=C2C)C2C(=O)NN=C2C)ccc1OC(=O)c1cccc([N+](=O)[O-])c1. The van der Waals surface area contributed by atoms with Crippen LogP contribution in [0.25, 0.3) is 0 Å². The number of rotatable bonds is 8. The molecule has 0 fully saturated rings. The van der Waals surface area contributed by atoms with Crippen molar-refractivity contribution in [1.82, 2.24) is 10.9 Å². The largest absolute Gasteiger partial charge is 0.490 e. The van der Waals surface area contributed by atoms with Crippen molar-refractivity contribution in [3.05, 3.63) is 63.7 Å². The minimum absolute atomic E-state index is 0.00229. The summed E-state index contributed by atoms with van der Waals surface area (Å²) in [6.07, 6.45) is 0. The summed E-state index contributed by atoms with van der Waals surface area (Å²) in [6, 6.07) is 9.94. The number of ether oxygens (including phenoxy) is 2. The molecule has 186 valence electrons. The van der Waals surface area contributed by atoms with E-state index in [-0.39, 0.29) is 41.2 Å². The fraction of sp³-hybridized carbons (Fsp3) is 0.292. The highest BCUT2D eigenvalue weighted by atomic mass is 16.6. The van der Waals surface area contributed by atoms with Crippen molar-refractivity contribution in [1.29, 1.82) is 0 Å². The Morgan fingerprint density at radius 2 is 1.67 bits per heavy atom. The van der Waals surface area contributed by atoms with E-state index in [4.69, 9.17) is 9.47 Å². The second-order valence-electron chi connectivity index (χ2n) is 8.28. The molecular weight excluding hydrogens is 470 g/mol. The van der Waals surface area contributed by atoms with Crippen LogP contribution in [-0.4, -0.2) is 40.7 Å². The van der Waals surface area contributed by atoms with Crippen LogP contribution < -0.4 is 20.3 Å². The summed E-state index contributed by atoms with van der Waals surface area (Å²) in [6.45, 7) is 5.39. The molecule has 0 saturated carbocycles. The molecule has 2 heterocycles. The van der Waals surface area contributed by atoms with Crippen LogP contribution in [0.3, 0.4) is 0 Å². The first kappa shape index (κ1) is 24.5. The number of carbonyl (C=O) groups excluding carboxylic acids is 3. The van der Waals surface area contributed by atoms with E-state index in [9.17, 15) is 24.5 Å². The van der Waals surface area contributed by atoms with Crippen LogP contribution in [0.5, 0.6) is 11.5 Å². The number of non-ortho nitro benzene ring substituents is 1. The van der Waals surface area contributed by atoms with Crippen LogP contribution >= 0.6 is 0 Å². The van der Waals surface area contributed by atoms with Gasteiger partial charge in [0.2, 0.25) is 11.8 Å². The van der Waals surface area contributed by atoms with Crippen LogP contribution in [0, 0.1) is 22.0 Å². The summed E-state index contributed by atoms with van der Waals surface area (Å²) >= 11 is 0. The summed E-state index contributed by atoms with van der Waals surface area (Å²) in [5, 5.41) is 19.1. The fourth-order valence-electron chi connectivity index (χ4n) is 4.36. The van der Waals surface area contributed by atoms with E-state index in [2.05, 4.69) is 21.1 Å². The van der Waals surface area contributed by atoms with Gasteiger partial charge in [-0.3, -0.25) is 19.7 Å². The third-order valence-electron chi connectivity index (χ3n) is 6.02. The molecule has 2 aliphatic rings. The van der Waals surface area contributed by atoms with Gasteiger partial charge in [0.15, 0.2) is 11.5 Å². The summed E-state index contributed by atoms with van der Waals surface area (Å²) in [5.41, 5.74) is 6.31. The highest BCUT2D eigenvalue weighted by Crippen LogP contribution is 2.41. The second-order valence-corrected chi connectivity index (χ2v) is 8.28. The number of hydrogen-bond donors (Lipinski definition) is 2. The molecule has 0 saturated heterocycles. The smallest absolute Gasteiger partial charge is 0.343 e. The van der Waals surface area contributed by atoms with Crippen LogP contribution in [0.1, 0.15) is 42.6 Å². The minimum Gasteiger partial charge on any atom is -0.490 e. The molecule has 36 heavy (non-hydrogen) atoms. The molecule has 4 rings (SSSR count).